The molecule has 0 radical (unpaired) electrons. The van der Waals surface area contributed by atoms with Crippen molar-refractivity contribution >= 4 is 34.8 Å². The molecule has 1 N–H and O–H groups in total. The van der Waals surface area contributed by atoms with Crippen LogP contribution in [0.25, 0.3) is 0 Å². The Bertz CT molecular complexity index is 856. The fourth-order valence-corrected chi connectivity index (χ4v) is 3.26. The van der Waals surface area contributed by atoms with Crippen molar-refractivity contribution in [2.45, 2.75) is 13.3 Å². The summed E-state index contributed by atoms with van der Waals surface area (Å²) in [5, 5.41) is 3.30. The van der Waals surface area contributed by atoms with Crippen LogP contribution in [-0.4, -0.2) is 32.1 Å². The third-order valence-corrected chi connectivity index (χ3v) is 4.61. The number of hydrogen-bond donors (Lipinski definition) is 1. The Hall–Kier alpha value is -2.73. The monoisotopic (exact) mass is 388 g/mol. The molecule has 142 valence electrons. The number of halogens is 1. The largest absolute Gasteiger partial charge is 0.495 e. The van der Waals surface area contributed by atoms with E-state index in [2.05, 4.69) is 5.32 Å². The van der Waals surface area contributed by atoms with E-state index in [9.17, 15) is 9.59 Å². The summed E-state index contributed by atoms with van der Waals surface area (Å²) in [5.41, 5.74) is 1.16. The van der Waals surface area contributed by atoms with Crippen LogP contribution in [0.3, 0.4) is 0 Å². The summed E-state index contributed by atoms with van der Waals surface area (Å²) < 4.78 is 10.9. The van der Waals surface area contributed by atoms with E-state index in [1.807, 2.05) is 31.2 Å². The quantitative estimate of drug-likeness (QED) is 0.818. The van der Waals surface area contributed by atoms with Crippen molar-refractivity contribution in [1.29, 1.82) is 0 Å². The SMILES string of the molecule is CCOc1ccccc1N1CC(C(=O)Nc2cc(Cl)ccc2OC)CC1=O. The number of carbonyl (C=O) groups excluding carboxylic acids is 2. The Labute approximate surface area is 163 Å². The Morgan fingerprint density at radius 3 is 2.78 bits per heavy atom. The van der Waals surface area contributed by atoms with Gasteiger partial charge in [0.1, 0.15) is 11.5 Å². The van der Waals surface area contributed by atoms with Gasteiger partial charge < -0.3 is 19.7 Å². The third-order valence-electron chi connectivity index (χ3n) is 4.37. The standard InChI is InChI=1S/C20H21ClN2O4/c1-3-27-18-7-5-4-6-16(18)23-12-13(10-19(23)24)20(25)22-15-11-14(21)8-9-17(15)26-2/h4-9,11,13H,3,10,12H2,1-2H3,(H,22,25). The lowest BCUT2D eigenvalue weighted by Crippen LogP contribution is -2.28. The second kappa shape index (κ2) is 8.31. The van der Waals surface area contributed by atoms with Crippen LogP contribution < -0.4 is 19.7 Å². The zero-order valence-corrected chi connectivity index (χ0v) is 16.0. The van der Waals surface area contributed by atoms with E-state index >= 15 is 0 Å². The number of benzene rings is 2. The van der Waals surface area contributed by atoms with Crippen LogP contribution in [0, 0.1) is 5.92 Å². The summed E-state index contributed by atoms with van der Waals surface area (Å²) in [4.78, 5) is 26.8. The highest BCUT2D eigenvalue weighted by Crippen LogP contribution is 2.34. The lowest BCUT2D eigenvalue weighted by atomic mass is 10.1. The summed E-state index contributed by atoms with van der Waals surface area (Å²) in [6.07, 6.45) is 0.134. The number of para-hydroxylation sites is 2. The fraction of sp³-hybridized carbons (Fsp3) is 0.300. The number of amides is 2. The fourth-order valence-electron chi connectivity index (χ4n) is 3.09. The summed E-state index contributed by atoms with van der Waals surface area (Å²) in [6, 6.07) is 12.3. The lowest BCUT2D eigenvalue weighted by molar-refractivity contribution is -0.122. The third kappa shape index (κ3) is 4.17. The van der Waals surface area contributed by atoms with Crippen molar-refractivity contribution in [1.82, 2.24) is 0 Å². The molecule has 0 saturated carbocycles. The van der Waals surface area contributed by atoms with E-state index in [-0.39, 0.29) is 24.8 Å². The van der Waals surface area contributed by atoms with Crippen LogP contribution in [0.15, 0.2) is 42.5 Å². The first-order valence-electron chi connectivity index (χ1n) is 8.70. The van der Waals surface area contributed by atoms with E-state index in [0.717, 1.165) is 0 Å². The molecule has 3 rings (SSSR count). The summed E-state index contributed by atoms with van der Waals surface area (Å²) >= 11 is 6.01. The minimum atomic E-state index is -0.476. The van der Waals surface area contributed by atoms with Crippen molar-refractivity contribution in [2.75, 3.05) is 30.5 Å². The number of rotatable bonds is 6. The molecule has 1 saturated heterocycles. The van der Waals surface area contributed by atoms with E-state index in [1.165, 1.54) is 7.11 Å². The molecule has 7 heteroatoms. The van der Waals surface area contributed by atoms with E-state index in [0.29, 0.717) is 34.5 Å². The van der Waals surface area contributed by atoms with Crippen LogP contribution in [0.5, 0.6) is 11.5 Å². The summed E-state index contributed by atoms with van der Waals surface area (Å²) in [7, 11) is 1.52. The molecular formula is C20H21ClN2O4. The van der Waals surface area contributed by atoms with E-state index < -0.39 is 5.92 Å². The molecule has 1 unspecified atom stereocenters. The van der Waals surface area contributed by atoms with Crippen molar-refractivity contribution in [3.8, 4) is 11.5 Å². The molecule has 2 aromatic rings. The first kappa shape index (κ1) is 19.0. The molecular weight excluding hydrogens is 368 g/mol. The van der Waals surface area contributed by atoms with Crippen molar-refractivity contribution in [3.63, 3.8) is 0 Å². The molecule has 0 aromatic heterocycles. The van der Waals surface area contributed by atoms with Crippen LogP contribution in [0.1, 0.15) is 13.3 Å². The predicted octanol–water partition coefficient (Wildman–Crippen LogP) is 3.74. The van der Waals surface area contributed by atoms with Gasteiger partial charge in [0, 0.05) is 18.0 Å². The normalized spacial score (nSPS) is 16.3. The second-order valence-electron chi connectivity index (χ2n) is 6.14. The van der Waals surface area contributed by atoms with Crippen LogP contribution in [-0.2, 0) is 9.59 Å². The van der Waals surface area contributed by atoms with Crippen molar-refractivity contribution in [2.24, 2.45) is 5.92 Å². The van der Waals surface area contributed by atoms with Gasteiger partial charge in [-0.3, -0.25) is 9.59 Å². The summed E-state index contributed by atoms with van der Waals surface area (Å²) in [5.74, 6) is 0.304. The first-order chi connectivity index (χ1) is 13.0. The highest BCUT2D eigenvalue weighted by molar-refractivity contribution is 6.31. The van der Waals surface area contributed by atoms with E-state index in [1.54, 1.807) is 23.1 Å². The molecule has 2 aromatic carbocycles. The number of anilines is 2. The minimum Gasteiger partial charge on any atom is -0.495 e. The molecule has 0 bridgehead atoms. The van der Waals surface area contributed by atoms with Crippen LogP contribution in [0.4, 0.5) is 11.4 Å². The van der Waals surface area contributed by atoms with Gasteiger partial charge in [-0.1, -0.05) is 23.7 Å². The topological polar surface area (TPSA) is 67.9 Å². The molecule has 6 nitrogen and oxygen atoms in total. The van der Waals surface area contributed by atoms with Gasteiger partial charge in [0.2, 0.25) is 11.8 Å². The minimum absolute atomic E-state index is 0.111. The molecule has 0 aliphatic carbocycles. The lowest BCUT2D eigenvalue weighted by Gasteiger charge is -2.20. The van der Waals surface area contributed by atoms with E-state index in [4.69, 9.17) is 21.1 Å². The smallest absolute Gasteiger partial charge is 0.229 e. The maximum atomic E-state index is 12.7. The molecule has 1 atom stereocenters. The Kier molecular flexibility index (Phi) is 5.86. The molecule has 1 heterocycles. The van der Waals surface area contributed by atoms with Gasteiger partial charge >= 0.3 is 0 Å². The van der Waals surface area contributed by atoms with Gasteiger partial charge in [0.05, 0.1) is 31.0 Å². The predicted molar refractivity (Wildman–Crippen MR) is 105 cm³/mol. The average Bonchev–Trinajstić information content (AvgIpc) is 3.04. The Morgan fingerprint density at radius 2 is 2.04 bits per heavy atom. The van der Waals surface area contributed by atoms with Gasteiger partial charge in [-0.2, -0.15) is 0 Å². The van der Waals surface area contributed by atoms with Gasteiger partial charge in [-0.05, 0) is 37.3 Å². The molecule has 1 aliphatic rings. The average molecular weight is 389 g/mol. The zero-order chi connectivity index (χ0) is 19.4. The Balaban J connectivity index is 1.76. The van der Waals surface area contributed by atoms with Crippen LogP contribution >= 0.6 is 11.6 Å². The summed E-state index contributed by atoms with van der Waals surface area (Å²) in [6.45, 7) is 2.67. The van der Waals surface area contributed by atoms with Gasteiger partial charge in [-0.15, -0.1) is 0 Å². The number of nitrogens with one attached hydrogen (secondary N) is 1. The van der Waals surface area contributed by atoms with Crippen molar-refractivity contribution in [3.05, 3.63) is 47.5 Å². The number of ether oxygens (including phenoxy) is 2. The zero-order valence-electron chi connectivity index (χ0n) is 15.2. The highest BCUT2D eigenvalue weighted by atomic mass is 35.5. The number of methoxy groups -OCH3 is 1. The van der Waals surface area contributed by atoms with Gasteiger partial charge in [-0.25, -0.2) is 0 Å². The maximum absolute atomic E-state index is 12.7. The van der Waals surface area contributed by atoms with Crippen LogP contribution in [0.2, 0.25) is 5.02 Å². The number of nitrogens with zero attached hydrogens (tertiary/aromatic N) is 1. The second-order valence-corrected chi connectivity index (χ2v) is 6.58. The van der Waals surface area contributed by atoms with Crippen molar-refractivity contribution < 1.29 is 19.1 Å². The van der Waals surface area contributed by atoms with Gasteiger partial charge in [0.15, 0.2) is 0 Å². The molecule has 27 heavy (non-hydrogen) atoms. The number of hydrogen-bond acceptors (Lipinski definition) is 4. The first-order valence-corrected chi connectivity index (χ1v) is 9.08. The van der Waals surface area contributed by atoms with Gasteiger partial charge in [0.25, 0.3) is 0 Å². The Morgan fingerprint density at radius 1 is 1.26 bits per heavy atom. The maximum Gasteiger partial charge on any atom is 0.229 e. The highest BCUT2D eigenvalue weighted by Gasteiger charge is 2.36. The molecule has 2 amide bonds. The molecule has 1 fully saturated rings. The molecule has 1 aliphatic heterocycles. The number of carbonyl (C=O) groups is 2. The molecule has 0 spiro atoms.